The van der Waals surface area contributed by atoms with Gasteiger partial charge in [0.25, 0.3) is 5.56 Å². The predicted molar refractivity (Wildman–Crippen MR) is 42.0 cm³/mol. The highest BCUT2D eigenvalue weighted by molar-refractivity contribution is 5.68. The van der Waals surface area contributed by atoms with E-state index in [1.807, 2.05) is 0 Å². The molecule has 2 aromatic heterocycles. The van der Waals surface area contributed by atoms with Gasteiger partial charge in [0.1, 0.15) is 0 Å². The number of H-pyrrole nitrogens is 2. The summed E-state index contributed by atoms with van der Waals surface area (Å²) in [6.45, 7) is 0. The summed E-state index contributed by atoms with van der Waals surface area (Å²) in [5, 5.41) is 0. The molecular weight excluding hydrogens is 164 g/mol. The van der Waals surface area contributed by atoms with Crippen LogP contribution in [0.4, 0.5) is 0 Å². The van der Waals surface area contributed by atoms with Crippen molar-refractivity contribution in [1.29, 1.82) is 0 Å². The van der Waals surface area contributed by atoms with Gasteiger partial charge in [-0.1, -0.05) is 0 Å². The van der Waals surface area contributed by atoms with E-state index < -0.39 is 11.2 Å². The molecule has 6 heteroatoms. The molecule has 0 aliphatic heterocycles. The highest BCUT2D eigenvalue weighted by Gasteiger charge is 2.04. The van der Waals surface area contributed by atoms with Gasteiger partial charge in [-0.05, 0) is 0 Å². The molecule has 2 N–H and O–H groups in total. The number of hydrogen-bond donors (Lipinski definition) is 2. The second kappa shape index (κ2) is 2.07. The molecule has 0 saturated heterocycles. The maximum atomic E-state index is 11.1. The van der Waals surface area contributed by atoms with Crippen molar-refractivity contribution in [2.75, 3.05) is 0 Å². The van der Waals surface area contributed by atoms with E-state index in [-0.39, 0.29) is 0 Å². The molecular formula is C6H6N4O2. The van der Waals surface area contributed by atoms with Gasteiger partial charge in [-0.2, -0.15) is 0 Å². The fourth-order valence-corrected chi connectivity index (χ4v) is 1.09. The minimum absolute atomic E-state index is 0.311. The Labute approximate surface area is 65.9 Å². The number of nitrogens with one attached hydrogen (secondary N) is 2. The third-order valence-corrected chi connectivity index (χ3v) is 1.61. The van der Waals surface area contributed by atoms with Crippen molar-refractivity contribution in [2.24, 2.45) is 7.05 Å². The Kier molecular flexibility index (Phi) is 1.18. The van der Waals surface area contributed by atoms with Crippen LogP contribution in [0.1, 0.15) is 0 Å². The van der Waals surface area contributed by atoms with Gasteiger partial charge in [0.05, 0.1) is 6.33 Å². The van der Waals surface area contributed by atoms with E-state index in [1.54, 1.807) is 11.6 Å². The second-order valence-corrected chi connectivity index (χ2v) is 2.46. The van der Waals surface area contributed by atoms with E-state index in [0.717, 1.165) is 0 Å². The maximum absolute atomic E-state index is 11.1. The van der Waals surface area contributed by atoms with Gasteiger partial charge in [-0.3, -0.25) is 14.8 Å². The van der Waals surface area contributed by atoms with E-state index in [2.05, 4.69) is 15.0 Å². The van der Waals surface area contributed by atoms with Crippen molar-refractivity contribution >= 4 is 11.2 Å². The first-order valence-electron chi connectivity index (χ1n) is 3.32. The molecule has 0 bridgehead atoms. The summed E-state index contributed by atoms with van der Waals surface area (Å²) < 4.78 is 1.55. The van der Waals surface area contributed by atoms with Crippen LogP contribution >= 0.6 is 0 Å². The van der Waals surface area contributed by atoms with Crippen molar-refractivity contribution < 1.29 is 0 Å². The summed E-state index contributed by atoms with van der Waals surface area (Å²) in [5.74, 6) is 0. The Bertz CT molecular complexity index is 532. The molecule has 0 atom stereocenters. The average molecular weight is 170 g/mol. The van der Waals surface area contributed by atoms with Crippen LogP contribution in [0, 0.1) is 0 Å². The molecule has 0 aliphatic carbocycles. The van der Waals surface area contributed by atoms with E-state index in [1.165, 1.54) is 6.33 Å². The molecule has 0 radical (unpaired) electrons. The van der Waals surface area contributed by atoms with Gasteiger partial charge in [0.15, 0.2) is 11.2 Å². The van der Waals surface area contributed by atoms with Gasteiger partial charge in [0.2, 0.25) is 0 Å². The number of nitrogens with zero attached hydrogens (tertiary/aromatic N) is 2. The fourth-order valence-electron chi connectivity index (χ4n) is 1.09. The van der Waals surface area contributed by atoms with Crippen molar-refractivity contribution in [3.05, 3.63) is 27.2 Å². The summed E-state index contributed by atoms with van der Waals surface area (Å²) in [6.07, 6.45) is 1.47. The van der Waals surface area contributed by atoms with Crippen molar-refractivity contribution in [1.82, 2.24) is 19.5 Å². The molecule has 2 aromatic rings. The summed E-state index contributed by atoms with van der Waals surface area (Å²) in [4.78, 5) is 30.2. The Morgan fingerprint density at radius 1 is 1.42 bits per heavy atom. The number of imidazole rings is 1. The van der Waals surface area contributed by atoms with Gasteiger partial charge in [0, 0.05) is 7.05 Å². The lowest BCUT2D eigenvalue weighted by atomic mass is 11.0. The highest BCUT2D eigenvalue weighted by atomic mass is 16.2. The number of aryl methyl sites for hydroxylation is 1. The van der Waals surface area contributed by atoms with Crippen LogP contribution < -0.4 is 11.2 Å². The van der Waals surface area contributed by atoms with Crippen LogP contribution in [-0.4, -0.2) is 19.5 Å². The molecule has 0 saturated carbocycles. The molecule has 12 heavy (non-hydrogen) atoms. The highest BCUT2D eigenvalue weighted by Crippen LogP contribution is 1.97. The first kappa shape index (κ1) is 6.84. The zero-order chi connectivity index (χ0) is 8.72. The van der Waals surface area contributed by atoms with E-state index in [9.17, 15) is 9.59 Å². The Balaban J connectivity index is 3.13. The van der Waals surface area contributed by atoms with Crippen molar-refractivity contribution in [3.8, 4) is 0 Å². The molecule has 0 aromatic carbocycles. The van der Waals surface area contributed by atoms with Crippen LogP contribution in [0.15, 0.2) is 15.9 Å². The normalized spacial score (nSPS) is 10.8. The number of aromatic amines is 2. The lowest BCUT2D eigenvalue weighted by Crippen LogP contribution is -2.22. The topological polar surface area (TPSA) is 83.5 Å². The predicted octanol–water partition coefficient (Wildman–Crippen LogP) is -1.05. The monoisotopic (exact) mass is 170 g/mol. The Morgan fingerprint density at radius 3 is 2.92 bits per heavy atom. The van der Waals surface area contributed by atoms with Gasteiger partial charge >= 0.3 is 5.69 Å². The summed E-state index contributed by atoms with van der Waals surface area (Å²) in [5.41, 5.74) is -0.277. The molecule has 2 rings (SSSR count). The lowest BCUT2D eigenvalue weighted by molar-refractivity contribution is 0.935. The van der Waals surface area contributed by atoms with Crippen molar-refractivity contribution in [3.63, 3.8) is 0 Å². The first-order valence-corrected chi connectivity index (χ1v) is 3.32. The minimum atomic E-state index is -0.536. The second-order valence-electron chi connectivity index (χ2n) is 2.46. The standard InChI is InChI=1S/C6H6N4O2/c1-10-2-7-4-3(10)5(11)9-6(12)8-4/h2H,1H3,(H2,8,9,11,12)/i2+1,3+1,4+1,6+1. The summed E-state index contributed by atoms with van der Waals surface area (Å²) in [7, 11) is 1.68. The Hall–Kier alpha value is -1.85. The van der Waals surface area contributed by atoms with Crippen LogP contribution in [0.25, 0.3) is 11.2 Å². The lowest BCUT2D eigenvalue weighted by Gasteiger charge is -1.89. The zero-order valence-electron chi connectivity index (χ0n) is 6.29. The molecule has 0 amide bonds. The number of rotatable bonds is 0. The van der Waals surface area contributed by atoms with Crippen LogP contribution in [0.2, 0.25) is 0 Å². The van der Waals surface area contributed by atoms with Crippen molar-refractivity contribution in [2.45, 2.75) is 0 Å². The van der Waals surface area contributed by atoms with Crippen LogP contribution in [0.3, 0.4) is 0 Å². The average Bonchev–Trinajstić information content (AvgIpc) is 2.31. The third kappa shape index (κ3) is 0.777. The van der Waals surface area contributed by atoms with E-state index in [0.29, 0.717) is 11.2 Å². The van der Waals surface area contributed by atoms with E-state index >= 15 is 0 Å². The fraction of sp³-hybridized carbons (Fsp3) is 0.167. The number of aromatic nitrogens is 4. The zero-order valence-corrected chi connectivity index (χ0v) is 6.29. The van der Waals surface area contributed by atoms with Gasteiger partial charge in [-0.15, -0.1) is 0 Å². The number of fused-ring (bicyclic) bond motifs is 1. The molecule has 0 unspecified atom stereocenters. The SMILES string of the molecule is Cn1[13cH]n[13c]2[nH][13c](=O)[nH]c(=O)[13c]21. The van der Waals surface area contributed by atoms with Gasteiger partial charge < -0.3 is 4.57 Å². The van der Waals surface area contributed by atoms with E-state index in [4.69, 9.17) is 0 Å². The largest absolute Gasteiger partial charge is 0.328 e. The minimum Gasteiger partial charge on any atom is -0.328 e. The van der Waals surface area contributed by atoms with Gasteiger partial charge in [-0.25, -0.2) is 9.78 Å². The molecule has 2 heterocycles. The molecule has 0 aliphatic rings. The smallest absolute Gasteiger partial charge is 0.327 e. The summed E-state index contributed by atoms with van der Waals surface area (Å²) in [6, 6.07) is 0. The Morgan fingerprint density at radius 2 is 2.17 bits per heavy atom. The maximum Gasteiger partial charge on any atom is 0.327 e. The molecule has 0 spiro atoms. The first-order chi connectivity index (χ1) is 5.68. The summed E-state index contributed by atoms with van der Waals surface area (Å²) >= 11 is 0. The molecule has 0 fully saturated rings. The number of hydrogen-bond acceptors (Lipinski definition) is 3. The molecule has 62 valence electrons. The van der Waals surface area contributed by atoms with Crippen LogP contribution in [-0.2, 0) is 7.05 Å². The quantitative estimate of drug-likeness (QED) is 0.529. The third-order valence-electron chi connectivity index (χ3n) is 1.61. The molecule has 6 nitrogen and oxygen atoms in total. The van der Waals surface area contributed by atoms with Crippen LogP contribution in [0.5, 0.6) is 0 Å².